The van der Waals surface area contributed by atoms with Crippen LogP contribution in [0.2, 0.25) is 0 Å². The van der Waals surface area contributed by atoms with Crippen LogP contribution in [0, 0.1) is 0 Å². The Kier molecular flexibility index (Phi) is 5.29. The Morgan fingerprint density at radius 1 is 1.32 bits per heavy atom. The zero-order chi connectivity index (χ0) is 14.5. The molecule has 19 heavy (non-hydrogen) atoms. The molecule has 0 aliphatic rings. The highest BCUT2D eigenvalue weighted by Crippen LogP contribution is 2.19. The molecule has 0 atom stereocenters. The minimum atomic E-state index is -4.85. The van der Waals surface area contributed by atoms with Crippen molar-refractivity contribution in [2.24, 2.45) is 0 Å². The highest BCUT2D eigenvalue weighted by molar-refractivity contribution is 5.81. The van der Waals surface area contributed by atoms with Crippen molar-refractivity contribution in [3.8, 4) is 0 Å². The summed E-state index contributed by atoms with van der Waals surface area (Å²) in [5, 5.41) is 0. The van der Waals surface area contributed by atoms with Gasteiger partial charge < -0.3 is 9.80 Å². The Morgan fingerprint density at radius 2 is 2.00 bits per heavy atom. The normalized spacial score (nSPS) is 11.7. The van der Waals surface area contributed by atoms with E-state index in [1.807, 2.05) is 0 Å². The molecule has 0 radical (unpaired) electrons. The number of hydrogen-bond acceptors (Lipinski definition) is 3. The van der Waals surface area contributed by atoms with Crippen LogP contribution in [0.3, 0.4) is 0 Å². The van der Waals surface area contributed by atoms with Gasteiger partial charge in [-0.2, -0.15) is 13.2 Å². The fourth-order valence-electron chi connectivity index (χ4n) is 1.46. The fraction of sp³-hybridized carbons (Fsp3) is 0.500. The van der Waals surface area contributed by atoms with Crippen molar-refractivity contribution < 1.29 is 18.0 Å². The Bertz CT molecular complexity index is 406. The number of likely N-dealkylation sites (N-methyl/N-ethyl adjacent to an activating group) is 1. The van der Waals surface area contributed by atoms with E-state index in [2.05, 4.69) is 4.98 Å². The number of amides is 1. The molecule has 0 bridgehead atoms. The Balaban J connectivity index is 2.78. The summed E-state index contributed by atoms with van der Waals surface area (Å²) < 4.78 is 37.5. The highest BCUT2D eigenvalue weighted by atomic mass is 19.4. The van der Waals surface area contributed by atoms with E-state index >= 15 is 0 Å². The number of rotatable bonds is 5. The quantitative estimate of drug-likeness (QED) is 0.817. The van der Waals surface area contributed by atoms with Crippen molar-refractivity contribution in [2.75, 3.05) is 27.2 Å². The molecule has 4 nitrogen and oxygen atoms in total. The SMILES string of the molecule is CN(C)CCN(Cc1cccnc1)C(=O)C(F)(F)F. The molecule has 1 aromatic heterocycles. The lowest BCUT2D eigenvalue weighted by molar-refractivity contribution is -0.186. The number of alkyl halides is 3. The van der Waals surface area contributed by atoms with Gasteiger partial charge >= 0.3 is 12.1 Å². The maximum absolute atomic E-state index is 12.5. The second-order valence-electron chi connectivity index (χ2n) is 4.39. The predicted molar refractivity (Wildman–Crippen MR) is 64.3 cm³/mol. The number of hydrogen-bond donors (Lipinski definition) is 0. The molecule has 1 aromatic rings. The first-order valence-corrected chi connectivity index (χ1v) is 5.70. The van der Waals surface area contributed by atoms with Gasteiger partial charge in [0, 0.05) is 32.0 Å². The van der Waals surface area contributed by atoms with E-state index in [1.54, 1.807) is 31.1 Å². The second-order valence-corrected chi connectivity index (χ2v) is 4.39. The molecule has 1 rings (SSSR count). The first-order chi connectivity index (χ1) is 8.80. The largest absolute Gasteiger partial charge is 0.471 e. The molecule has 0 aromatic carbocycles. The van der Waals surface area contributed by atoms with Crippen LogP contribution in [0.5, 0.6) is 0 Å². The van der Waals surface area contributed by atoms with Crippen molar-refractivity contribution in [1.29, 1.82) is 0 Å². The molecule has 0 saturated carbocycles. The molecular formula is C12H16F3N3O. The van der Waals surface area contributed by atoms with Crippen LogP contribution in [0.1, 0.15) is 5.56 Å². The summed E-state index contributed by atoms with van der Waals surface area (Å²) in [6.07, 6.45) is -1.87. The van der Waals surface area contributed by atoms with Gasteiger partial charge in [-0.25, -0.2) is 0 Å². The van der Waals surface area contributed by atoms with Gasteiger partial charge in [0.1, 0.15) is 0 Å². The summed E-state index contributed by atoms with van der Waals surface area (Å²) in [5.74, 6) is -1.82. The number of nitrogens with zero attached hydrogens (tertiary/aromatic N) is 3. The average molecular weight is 275 g/mol. The van der Waals surface area contributed by atoms with Crippen LogP contribution < -0.4 is 0 Å². The lowest BCUT2D eigenvalue weighted by Gasteiger charge is -2.25. The molecule has 0 unspecified atom stereocenters. The van der Waals surface area contributed by atoms with Gasteiger partial charge in [0.15, 0.2) is 0 Å². The van der Waals surface area contributed by atoms with Crippen LogP contribution in [0.15, 0.2) is 24.5 Å². The van der Waals surface area contributed by atoms with Crippen molar-refractivity contribution in [3.05, 3.63) is 30.1 Å². The molecule has 106 valence electrons. The average Bonchev–Trinajstić information content (AvgIpc) is 2.33. The Hall–Kier alpha value is -1.63. The van der Waals surface area contributed by atoms with Crippen molar-refractivity contribution in [1.82, 2.24) is 14.8 Å². The number of aromatic nitrogens is 1. The van der Waals surface area contributed by atoms with Crippen LogP contribution in [0.25, 0.3) is 0 Å². The van der Waals surface area contributed by atoms with Crippen molar-refractivity contribution in [2.45, 2.75) is 12.7 Å². The third-order valence-corrected chi connectivity index (χ3v) is 2.44. The van der Waals surface area contributed by atoms with E-state index in [-0.39, 0.29) is 13.1 Å². The molecule has 0 aliphatic heterocycles. The van der Waals surface area contributed by atoms with E-state index in [9.17, 15) is 18.0 Å². The summed E-state index contributed by atoms with van der Waals surface area (Å²) in [4.78, 5) is 17.7. The van der Waals surface area contributed by atoms with E-state index in [4.69, 9.17) is 0 Å². The molecule has 7 heteroatoms. The zero-order valence-corrected chi connectivity index (χ0v) is 10.8. The molecule has 0 aliphatic carbocycles. The highest BCUT2D eigenvalue weighted by Gasteiger charge is 2.42. The summed E-state index contributed by atoms with van der Waals surface area (Å²) in [5.41, 5.74) is 0.568. The number of pyridine rings is 1. The first-order valence-electron chi connectivity index (χ1n) is 5.70. The molecule has 0 spiro atoms. The van der Waals surface area contributed by atoms with Gasteiger partial charge in [-0.3, -0.25) is 9.78 Å². The maximum atomic E-state index is 12.5. The molecule has 1 amide bonds. The van der Waals surface area contributed by atoms with E-state index in [1.165, 1.54) is 12.4 Å². The van der Waals surface area contributed by atoms with Gasteiger partial charge in [0.25, 0.3) is 0 Å². The molecule has 0 N–H and O–H groups in total. The minimum absolute atomic E-state index is 0.0141. The molecule has 1 heterocycles. The number of halogens is 3. The van der Waals surface area contributed by atoms with E-state index in [0.717, 1.165) is 4.90 Å². The van der Waals surface area contributed by atoms with Crippen LogP contribution in [-0.2, 0) is 11.3 Å². The Morgan fingerprint density at radius 3 is 2.47 bits per heavy atom. The van der Waals surface area contributed by atoms with Gasteiger partial charge in [0.05, 0.1) is 0 Å². The van der Waals surface area contributed by atoms with Gasteiger partial charge in [-0.05, 0) is 25.7 Å². The fourth-order valence-corrected chi connectivity index (χ4v) is 1.46. The summed E-state index contributed by atoms with van der Waals surface area (Å²) in [6.45, 7) is 0.280. The van der Waals surface area contributed by atoms with Crippen LogP contribution >= 0.6 is 0 Å². The van der Waals surface area contributed by atoms with Gasteiger partial charge in [-0.1, -0.05) is 6.07 Å². The summed E-state index contributed by atoms with van der Waals surface area (Å²) in [6, 6.07) is 3.26. The Labute approximate surface area is 109 Å². The third kappa shape index (κ3) is 5.25. The van der Waals surface area contributed by atoms with Gasteiger partial charge in [-0.15, -0.1) is 0 Å². The lowest BCUT2D eigenvalue weighted by Crippen LogP contribution is -2.43. The zero-order valence-electron chi connectivity index (χ0n) is 10.8. The van der Waals surface area contributed by atoms with Gasteiger partial charge in [0.2, 0.25) is 0 Å². The minimum Gasteiger partial charge on any atom is -0.329 e. The van der Waals surface area contributed by atoms with Crippen LogP contribution in [-0.4, -0.2) is 54.1 Å². The lowest BCUT2D eigenvalue weighted by atomic mass is 10.2. The topological polar surface area (TPSA) is 36.4 Å². The predicted octanol–water partition coefficient (Wildman–Crippen LogP) is 1.53. The molecule has 0 fully saturated rings. The number of carbonyl (C=O) groups is 1. The molecule has 0 saturated heterocycles. The maximum Gasteiger partial charge on any atom is 0.471 e. The first kappa shape index (κ1) is 15.4. The molecular weight excluding hydrogens is 259 g/mol. The standard InChI is InChI=1S/C12H16F3N3O/c1-17(2)6-7-18(11(19)12(13,14)15)9-10-4-3-5-16-8-10/h3-5,8H,6-7,9H2,1-2H3. The second kappa shape index (κ2) is 6.51. The van der Waals surface area contributed by atoms with Crippen LogP contribution in [0.4, 0.5) is 13.2 Å². The van der Waals surface area contributed by atoms with E-state index < -0.39 is 12.1 Å². The van der Waals surface area contributed by atoms with Crippen molar-refractivity contribution >= 4 is 5.91 Å². The van der Waals surface area contributed by atoms with Crippen molar-refractivity contribution in [3.63, 3.8) is 0 Å². The summed E-state index contributed by atoms with van der Waals surface area (Å²) in [7, 11) is 3.47. The van der Waals surface area contributed by atoms with E-state index in [0.29, 0.717) is 12.1 Å². The number of carbonyl (C=O) groups excluding carboxylic acids is 1. The third-order valence-electron chi connectivity index (χ3n) is 2.44. The smallest absolute Gasteiger partial charge is 0.329 e. The summed E-state index contributed by atoms with van der Waals surface area (Å²) >= 11 is 0. The monoisotopic (exact) mass is 275 g/mol.